The van der Waals surface area contributed by atoms with Crippen molar-refractivity contribution in [3.63, 3.8) is 0 Å². The maximum absolute atomic E-state index is 12.4. The van der Waals surface area contributed by atoms with E-state index in [0.717, 1.165) is 30.7 Å². The number of piperidine rings is 1. The van der Waals surface area contributed by atoms with E-state index in [2.05, 4.69) is 17.1 Å². The van der Waals surface area contributed by atoms with E-state index in [1.54, 1.807) is 0 Å². The fraction of sp³-hybridized carbons (Fsp3) is 0.941. The van der Waals surface area contributed by atoms with Crippen LogP contribution in [-0.2, 0) is 4.79 Å². The molecule has 1 amide bonds. The van der Waals surface area contributed by atoms with Gasteiger partial charge in [0.05, 0.1) is 6.54 Å². The largest absolute Gasteiger partial charge is 0.352 e. The van der Waals surface area contributed by atoms with Gasteiger partial charge in [0.25, 0.3) is 0 Å². The van der Waals surface area contributed by atoms with Crippen molar-refractivity contribution in [2.24, 2.45) is 23.5 Å². The summed E-state index contributed by atoms with van der Waals surface area (Å²) >= 11 is 0. The molecule has 5 unspecified atom stereocenters. The number of hydrogen-bond acceptors (Lipinski definition) is 3. The number of nitrogens with two attached hydrogens (primary N) is 1. The van der Waals surface area contributed by atoms with Gasteiger partial charge >= 0.3 is 0 Å². The molecule has 2 saturated carbocycles. The third-order valence-corrected chi connectivity index (χ3v) is 6.19. The van der Waals surface area contributed by atoms with Crippen LogP contribution in [0.4, 0.5) is 0 Å². The Labute approximate surface area is 128 Å². The standard InChI is InChI=1S/C17H31N3O/c1-12(16-9-13-5-6-14(16)8-13)19-17(21)11-20-7-3-2-4-15(20)10-18/h12-16H,2-11,18H2,1H3,(H,19,21). The molecule has 21 heavy (non-hydrogen) atoms. The van der Waals surface area contributed by atoms with E-state index in [-0.39, 0.29) is 5.91 Å². The molecule has 4 heteroatoms. The molecule has 3 rings (SSSR count). The summed E-state index contributed by atoms with van der Waals surface area (Å²) in [6, 6.07) is 0.746. The lowest BCUT2D eigenvalue weighted by atomic mass is 9.84. The van der Waals surface area contributed by atoms with Crippen LogP contribution >= 0.6 is 0 Å². The zero-order chi connectivity index (χ0) is 14.8. The SMILES string of the molecule is CC(NC(=O)CN1CCCCC1CN)C1CC2CCC1C2. The second-order valence-electron chi connectivity index (χ2n) is 7.55. The Morgan fingerprint density at radius 2 is 2.14 bits per heavy atom. The van der Waals surface area contributed by atoms with Crippen LogP contribution in [0.1, 0.15) is 51.9 Å². The first-order valence-corrected chi connectivity index (χ1v) is 8.91. The smallest absolute Gasteiger partial charge is 0.234 e. The van der Waals surface area contributed by atoms with Crippen molar-refractivity contribution in [3.05, 3.63) is 0 Å². The summed E-state index contributed by atoms with van der Waals surface area (Å²) in [6.45, 7) is 4.44. The molecule has 0 aromatic carbocycles. The maximum atomic E-state index is 12.4. The highest BCUT2D eigenvalue weighted by Crippen LogP contribution is 2.49. The number of nitrogens with one attached hydrogen (secondary N) is 1. The first-order valence-electron chi connectivity index (χ1n) is 8.91. The lowest BCUT2D eigenvalue weighted by molar-refractivity contribution is -0.124. The number of nitrogens with zero attached hydrogens (tertiary/aromatic N) is 1. The predicted octanol–water partition coefficient (Wildman–Crippen LogP) is 1.74. The maximum Gasteiger partial charge on any atom is 0.234 e. The average Bonchev–Trinajstić information content (AvgIpc) is 3.10. The van der Waals surface area contributed by atoms with Gasteiger partial charge in [-0.2, -0.15) is 0 Å². The Bertz CT molecular complexity index is 373. The first-order chi connectivity index (χ1) is 10.2. The van der Waals surface area contributed by atoms with Crippen LogP contribution in [0.2, 0.25) is 0 Å². The second-order valence-corrected chi connectivity index (χ2v) is 7.55. The Balaban J connectivity index is 1.47. The third-order valence-electron chi connectivity index (χ3n) is 6.19. The summed E-state index contributed by atoms with van der Waals surface area (Å²) in [6.07, 6.45) is 9.15. The molecule has 0 aromatic heterocycles. The van der Waals surface area contributed by atoms with Crippen LogP contribution in [0.3, 0.4) is 0 Å². The summed E-state index contributed by atoms with van der Waals surface area (Å²) in [7, 11) is 0. The van der Waals surface area contributed by atoms with Gasteiger partial charge in [-0.1, -0.05) is 12.8 Å². The molecule has 1 saturated heterocycles. The van der Waals surface area contributed by atoms with Crippen LogP contribution in [0.15, 0.2) is 0 Å². The summed E-state index contributed by atoms with van der Waals surface area (Å²) in [4.78, 5) is 14.6. The van der Waals surface area contributed by atoms with Crippen LogP contribution in [0.25, 0.3) is 0 Å². The quantitative estimate of drug-likeness (QED) is 0.812. The molecule has 4 nitrogen and oxygen atoms in total. The minimum Gasteiger partial charge on any atom is -0.352 e. The number of fused-ring (bicyclic) bond motifs is 2. The van der Waals surface area contributed by atoms with Gasteiger partial charge in [0.2, 0.25) is 5.91 Å². The topological polar surface area (TPSA) is 58.4 Å². The fourth-order valence-electron chi connectivity index (χ4n) is 5.03. The first kappa shape index (κ1) is 15.3. The van der Waals surface area contributed by atoms with E-state index in [0.29, 0.717) is 25.2 Å². The van der Waals surface area contributed by atoms with E-state index < -0.39 is 0 Å². The zero-order valence-electron chi connectivity index (χ0n) is 13.4. The Kier molecular flexibility index (Phi) is 4.85. The molecule has 1 heterocycles. The Hall–Kier alpha value is -0.610. The van der Waals surface area contributed by atoms with Gasteiger partial charge in [-0.15, -0.1) is 0 Å². The van der Waals surface area contributed by atoms with Crippen LogP contribution in [0, 0.1) is 17.8 Å². The number of rotatable bonds is 5. The minimum atomic E-state index is 0.200. The number of carbonyl (C=O) groups excluding carboxylic acids is 1. The van der Waals surface area contributed by atoms with Crippen molar-refractivity contribution in [2.75, 3.05) is 19.6 Å². The van der Waals surface area contributed by atoms with Crippen molar-refractivity contribution < 1.29 is 4.79 Å². The molecule has 0 spiro atoms. The lowest BCUT2D eigenvalue weighted by Crippen LogP contribution is -2.50. The van der Waals surface area contributed by atoms with E-state index in [1.807, 2.05) is 0 Å². The summed E-state index contributed by atoms with van der Waals surface area (Å²) in [5, 5.41) is 3.28. The number of amides is 1. The molecule has 120 valence electrons. The highest BCUT2D eigenvalue weighted by atomic mass is 16.2. The van der Waals surface area contributed by atoms with Crippen molar-refractivity contribution >= 4 is 5.91 Å². The van der Waals surface area contributed by atoms with Gasteiger partial charge in [0.1, 0.15) is 0 Å². The fourth-order valence-corrected chi connectivity index (χ4v) is 5.03. The summed E-state index contributed by atoms with van der Waals surface area (Å²) < 4.78 is 0. The molecule has 2 aliphatic carbocycles. The van der Waals surface area contributed by atoms with Gasteiger partial charge < -0.3 is 11.1 Å². The number of carbonyl (C=O) groups is 1. The van der Waals surface area contributed by atoms with Crippen molar-refractivity contribution in [1.82, 2.24) is 10.2 Å². The monoisotopic (exact) mass is 293 g/mol. The van der Waals surface area contributed by atoms with Crippen LogP contribution in [-0.4, -0.2) is 42.5 Å². The van der Waals surface area contributed by atoms with Crippen molar-refractivity contribution in [2.45, 2.75) is 64.0 Å². The molecule has 3 aliphatic rings. The van der Waals surface area contributed by atoms with Crippen molar-refractivity contribution in [3.8, 4) is 0 Å². The number of hydrogen-bond donors (Lipinski definition) is 2. The number of likely N-dealkylation sites (tertiary alicyclic amines) is 1. The lowest BCUT2D eigenvalue weighted by Gasteiger charge is -2.35. The zero-order valence-corrected chi connectivity index (χ0v) is 13.4. The molecule has 3 N–H and O–H groups in total. The molecular formula is C17H31N3O. The van der Waals surface area contributed by atoms with E-state index in [4.69, 9.17) is 5.73 Å². The van der Waals surface area contributed by atoms with Gasteiger partial charge in [-0.3, -0.25) is 9.69 Å². The minimum absolute atomic E-state index is 0.200. The third kappa shape index (κ3) is 3.42. The summed E-state index contributed by atoms with van der Waals surface area (Å²) in [5.41, 5.74) is 5.84. The van der Waals surface area contributed by atoms with Crippen molar-refractivity contribution in [1.29, 1.82) is 0 Å². The molecule has 3 fully saturated rings. The van der Waals surface area contributed by atoms with E-state index in [9.17, 15) is 4.79 Å². The molecule has 0 aromatic rings. The van der Waals surface area contributed by atoms with Gasteiger partial charge in [-0.05, 0) is 63.3 Å². The highest BCUT2D eigenvalue weighted by molar-refractivity contribution is 5.78. The van der Waals surface area contributed by atoms with Gasteiger partial charge in [0.15, 0.2) is 0 Å². The van der Waals surface area contributed by atoms with E-state index in [1.165, 1.54) is 38.5 Å². The van der Waals surface area contributed by atoms with Crippen LogP contribution < -0.4 is 11.1 Å². The highest BCUT2D eigenvalue weighted by Gasteiger charge is 2.42. The van der Waals surface area contributed by atoms with Gasteiger partial charge in [-0.25, -0.2) is 0 Å². The Morgan fingerprint density at radius 3 is 2.81 bits per heavy atom. The van der Waals surface area contributed by atoms with Gasteiger partial charge in [0, 0.05) is 18.6 Å². The van der Waals surface area contributed by atoms with Crippen LogP contribution in [0.5, 0.6) is 0 Å². The predicted molar refractivity (Wildman–Crippen MR) is 84.8 cm³/mol. The Morgan fingerprint density at radius 1 is 1.29 bits per heavy atom. The van der Waals surface area contributed by atoms with E-state index >= 15 is 0 Å². The molecule has 0 radical (unpaired) electrons. The molecular weight excluding hydrogens is 262 g/mol. The second kappa shape index (κ2) is 6.66. The molecule has 1 aliphatic heterocycles. The molecule has 2 bridgehead atoms. The normalized spacial score (nSPS) is 37.6. The summed E-state index contributed by atoms with van der Waals surface area (Å²) in [5.74, 6) is 2.74. The average molecular weight is 293 g/mol. The molecule has 5 atom stereocenters.